The van der Waals surface area contributed by atoms with E-state index in [0.717, 1.165) is 6.54 Å². The average molecular weight is 326 g/mol. The van der Waals surface area contributed by atoms with Crippen LogP contribution in [0.2, 0.25) is 0 Å². The molecule has 122 valence electrons. The van der Waals surface area contributed by atoms with Crippen LogP contribution in [0.4, 0.5) is 0 Å². The molecule has 1 nitrogen and oxygen atoms in total. The van der Waals surface area contributed by atoms with Gasteiger partial charge in [-0.05, 0) is 69.3 Å². The molecule has 1 unspecified atom stereocenters. The molecular formula is C21H27NS. The van der Waals surface area contributed by atoms with E-state index in [9.17, 15) is 0 Å². The van der Waals surface area contributed by atoms with E-state index in [1.54, 1.807) is 5.56 Å². The summed E-state index contributed by atoms with van der Waals surface area (Å²) in [6.07, 6.45) is 5.01. The molecule has 0 N–H and O–H groups in total. The highest BCUT2D eigenvalue weighted by atomic mass is 32.2. The molecule has 2 aromatic rings. The monoisotopic (exact) mass is 325 g/mol. The first-order valence-electron chi connectivity index (χ1n) is 8.65. The smallest absolute Gasteiger partial charge is 0.0214 e. The van der Waals surface area contributed by atoms with Gasteiger partial charge in [0.1, 0.15) is 0 Å². The van der Waals surface area contributed by atoms with Crippen LogP contribution >= 0.6 is 11.8 Å². The lowest BCUT2D eigenvalue weighted by Crippen LogP contribution is -2.29. The molecule has 23 heavy (non-hydrogen) atoms. The number of thioether (sulfide) groups is 1. The van der Waals surface area contributed by atoms with Gasteiger partial charge in [0.05, 0.1) is 0 Å². The van der Waals surface area contributed by atoms with Crippen molar-refractivity contribution in [2.45, 2.75) is 36.0 Å². The number of fused-ring (bicyclic) bond motifs is 1. The molecule has 1 atom stereocenters. The van der Waals surface area contributed by atoms with E-state index in [1.165, 1.54) is 41.9 Å². The van der Waals surface area contributed by atoms with Gasteiger partial charge in [-0.15, -0.1) is 11.8 Å². The van der Waals surface area contributed by atoms with E-state index in [4.69, 9.17) is 0 Å². The fourth-order valence-electron chi connectivity index (χ4n) is 3.84. The summed E-state index contributed by atoms with van der Waals surface area (Å²) in [5, 5.41) is 0. The first-order valence-corrected chi connectivity index (χ1v) is 9.63. The quantitative estimate of drug-likeness (QED) is 0.743. The van der Waals surface area contributed by atoms with E-state index in [1.807, 2.05) is 11.8 Å². The number of benzene rings is 2. The lowest BCUT2D eigenvalue weighted by Gasteiger charge is -2.36. The van der Waals surface area contributed by atoms with Gasteiger partial charge in [-0.3, -0.25) is 0 Å². The zero-order valence-corrected chi connectivity index (χ0v) is 15.1. The minimum atomic E-state index is 0.178. The predicted octanol–water partition coefficient (Wildman–Crippen LogP) is 5.20. The van der Waals surface area contributed by atoms with Gasteiger partial charge >= 0.3 is 0 Å². The van der Waals surface area contributed by atoms with Crippen molar-refractivity contribution in [2.75, 3.05) is 26.4 Å². The minimum Gasteiger partial charge on any atom is -0.309 e. The first-order chi connectivity index (χ1) is 11.2. The van der Waals surface area contributed by atoms with Crippen molar-refractivity contribution < 1.29 is 0 Å². The number of hydrogen-bond acceptors (Lipinski definition) is 2. The Labute approximate surface area is 145 Å². The van der Waals surface area contributed by atoms with Crippen LogP contribution in [0.3, 0.4) is 0 Å². The van der Waals surface area contributed by atoms with E-state index in [2.05, 4.69) is 73.6 Å². The fourth-order valence-corrected chi connectivity index (χ4v) is 4.94. The van der Waals surface area contributed by atoms with Crippen LogP contribution in [0.15, 0.2) is 59.5 Å². The molecule has 1 heterocycles. The summed E-state index contributed by atoms with van der Waals surface area (Å²) in [4.78, 5) is 3.79. The third kappa shape index (κ3) is 3.64. The molecule has 2 heteroatoms. The standard InChI is InChI=1S/C21H27NS/c1-22(2)16-8-14-21(18-10-4-3-5-11-18)15-9-17-23-20-13-7-6-12-19(20)21/h3-7,10-13H,8-9,14-17H2,1-2H3. The first kappa shape index (κ1) is 16.6. The van der Waals surface area contributed by atoms with Gasteiger partial charge in [-0.25, -0.2) is 0 Å². The van der Waals surface area contributed by atoms with Crippen LogP contribution in [0.25, 0.3) is 0 Å². The molecule has 0 bridgehead atoms. The van der Waals surface area contributed by atoms with Gasteiger partial charge in [0.15, 0.2) is 0 Å². The van der Waals surface area contributed by atoms with Crippen molar-refractivity contribution in [3.05, 3.63) is 65.7 Å². The Kier molecular flexibility index (Phi) is 5.45. The molecule has 1 aliphatic heterocycles. The Morgan fingerprint density at radius 1 is 1.00 bits per heavy atom. The second-order valence-electron chi connectivity index (χ2n) is 6.80. The molecular weight excluding hydrogens is 298 g/mol. The summed E-state index contributed by atoms with van der Waals surface area (Å²) < 4.78 is 0. The van der Waals surface area contributed by atoms with Crippen molar-refractivity contribution >= 4 is 11.8 Å². The van der Waals surface area contributed by atoms with Crippen LogP contribution in [0, 0.1) is 0 Å². The van der Waals surface area contributed by atoms with Crippen LogP contribution in [0.1, 0.15) is 36.8 Å². The number of rotatable bonds is 5. The molecule has 2 aromatic carbocycles. The second kappa shape index (κ2) is 7.55. The van der Waals surface area contributed by atoms with E-state index in [-0.39, 0.29) is 5.41 Å². The predicted molar refractivity (Wildman–Crippen MR) is 101 cm³/mol. The lowest BCUT2D eigenvalue weighted by atomic mass is 9.68. The van der Waals surface area contributed by atoms with Gasteiger partial charge < -0.3 is 4.90 Å². The zero-order chi connectivity index (χ0) is 16.1. The SMILES string of the molecule is CN(C)CCCC1(c2ccccc2)CCCSc2ccccc21. The van der Waals surface area contributed by atoms with Crippen LogP contribution in [-0.4, -0.2) is 31.3 Å². The highest BCUT2D eigenvalue weighted by Crippen LogP contribution is 2.47. The summed E-state index contributed by atoms with van der Waals surface area (Å²) in [6, 6.07) is 20.3. The highest BCUT2D eigenvalue weighted by Gasteiger charge is 2.36. The highest BCUT2D eigenvalue weighted by molar-refractivity contribution is 7.99. The molecule has 3 rings (SSSR count). The number of hydrogen-bond donors (Lipinski definition) is 0. The summed E-state index contributed by atoms with van der Waals surface area (Å²) in [7, 11) is 4.35. The zero-order valence-electron chi connectivity index (χ0n) is 14.3. The molecule has 0 aromatic heterocycles. The lowest BCUT2D eigenvalue weighted by molar-refractivity contribution is 0.348. The summed E-state index contributed by atoms with van der Waals surface area (Å²) >= 11 is 2.04. The third-order valence-electron chi connectivity index (χ3n) is 4.94. The maximum absolute atomic E-state index is 2.37. The Bertz CT molecular complexity index is 623. The molecule has 1 aliphatic rings. The molecule has 0 aliphatic carbocycles. The average Bonchev–Trinajstić information content (AvgIpc) is 2.76. The second-order valence-corrected chi connectivity index (χ2v) is 7.94. The van der Waals surface area contributed by atoms with E-state index >= 15 is 0 Å². The van der Waals surface area contributed by atoms with Gasteiger partial charge in [-0.2, -0.15) is 0 Å². The van der Waals surface area contributed by atoms with Crippen molar-refractivity contribution in [3.63, 3.8) is 0 Å². The summed E-state index contributed by atoms with van der Waals surface area (Å²) in [5.41, 5.74) is 3.22. The molecule has 0 saturated heterocycles. The molecule has 0 radical (unpaired) electrons. The maximum Gasteiger partial charge on any atom is 0.0214 e. The Hall–Kier alpha value is -1.25. The fraction of sp³-hybridized carbons (Fsp3) is 0.429. The summed E-state index contributed by atoms with van der Waals surface area (Å²) in [5.74, 6) is 1.24. The van der Waals surface area contributed by atoms with Crippen molar-refractivity contribution in [3.8, 4) is 0 Å². The van der Waals surface area contributed by atoms with Gasteiger partial charge in [-0.1, -0.05) is 48.5 Å². The van der Waals surface area contributed by atoms with Gasteiger partial charge in [0.25, 0.3) is 0 Å². The van der Waals surface area contributed by atoms with Gasteiger partial charge in [0.2, 0.25) is 0 Å². The molecule has 0 saturated carbocycles. The topological polar surface area (TPSA) is 3.24 Å². The Morgan fingerprint density at radius 3 is 2.52 bits per heavy atom. The number of nitrogens with zero attached hydrogens (tertiary/aromatic N) is 1. The van der Waals surface area contributed by atoms with E-state index < -0.39 is 0 Å². The van der Waals surface area contributed by atoms with Crippen LogP contribution in [-0.2, 0) is 5.41 Å². The van der Waals surface area contributed by atoms with Crippen molar-refractivity contribution in [1.29, 1.82) is 0 Å². The molecule has 0 fully saturated rings. The molecule has 0 amide bonds. The maximum atomic E-state index is 2.37. The van der Waals surface area contributed by atoms with Crippen LogP contribution in [0.5, 0.6) is 0 Å². The Morgan fingerprint density at radius 2 is 1.74 bits per heavy atom. The van der Waals surface area contributed by atoms with Crippen LogP contribution < -0.4 is 0 Å². The van der Waals surface area contributed by atoms with Crippen molar-refractivity contribution in [1.82, 2.24) is 4.90 Å². The normalized spacial score (nSPS) is 21.0. The van der Waals surface area contributed by atoms with E-state index in [0.29, 0.717) is 0 Å². The van der Waals surface area contributed by atoms with Gasteiger partial charge in [0, 0.05) is 10.3 Å². The largest absolute Gasteiger partial charge is 0.309 e. The summed E-state index contributed by atoms with van der Waals surface area (Å²) in [6.45, 7) is 1.16. The van der Waals surface area contributed by atoms with Crippen molar-refractivity contribution in [2.24, 2.45) is 0 Å². The molecule has 0 spiro atoms. The Balaban J connectivity index is 2.04. The third-order valence-corrected chi connectivity index (χ3v) is 6.10. The minimum absolute atomic E-state index is 0.178.